The number of rotatable bonds is 3. The first kappa shape index (κ1) is 14.6. The van der Waals surface area contributed by atoms with Crippen LogP contribution in [0.1, 0.15) is 25.7 Å². The van der Waals surface area contributed by atoms with Crippen molar-refractivity contribution in [1.82, 2.24) is 5.32 Å². The average molecular weight is 378 g/mol. The SMILES string of the molecule is O=C1C(NC2CC2)CCCN1c1c(Cl)cc(Br)cc1Cl. The Balaban J connectivity index is 1.86. The van der Waals surface area contributed by atoms with Gasteiger partial charge in [-0.25, -0.2) is 0 Å². The fraction of sp³-hybridized carbons (Fsp3) is 0.500. The number of halogens is 3. The quantitative estimate of drug-likeness (QED) is 0.863. The van der Waals surface area contributed by atoms with E-state index in [1.807, 2.05) is 0 Å². The number of benzene rings is 1. The number of carbonyl (C=O) groups is 1. The Kier molecular flexibility index (Phi) is 4.27. The number of anilines is 1. The van der Waals surface area contributed by atoms with E-state index in [9.17, 15) is 4.79 Å². The standard InChI is InChI=1S/C14H15BrCl2N2O/c15-8-6-10(16)13(11(17)7-8)19-5-1-2-12(14(19)20)18-9-3-4-9/h6-7,9,12,18H,1-5H2. The maximum atomic E-state index is 12.6. The summed E-state index contributed by atoms with van der Waals surface area (Å²) in [5.41, 5.74) is 0.629. The molecule has 1 atom stereocenters. The van der Waals surface area contributed by atoms with E-state index in [0.29, 0.717) is 28.3 Å². The minimum Gasteiger partial charge on any atom is -0.308 e. The van der Waals surface area contributed by atoms with Gasteiger partial charge in [0.25, 0.3) is 0 Å². The summed E-state index contributed by atoms with van der Waals surface area (Å²) in [4.78, 5) is 14.3. The van der Waals surface area contributed by atoms with Crippen LogP contribution < -0.4 is 10.2 Å². The van der Waals surface area contributed by atoms with Crippen molar-refractivity contribution in [3.05, 3.63) is 26.7 Å². The van der Waals surface area contributed by atoms with Crippen molar-refractivity contribution >= 4 is 50.7 Å². The first-order valence-electron chi connectivity index (χ1n) is 6.78. The Morgan fingerprint density at radius 3 is 2.45 bits per heavy atom. The van der Waals surface area contributed by atoms with E-state index < -0.39 is 0 Å². The normalized spacial score (nSPS) is 23.2. The van der Waals surface area contributed by atoms with E-state index in [0.717, 1.165) is 17.3 Å². The van der Waals surface area contributed by atoms with Gasteiger partial charge in [0.2, 0.25) is 5.91 Å². The molecule has 1 aromatic rings. The fourth-order valence-corrected chi connectivity index (χ4v) is 3.99. The van der Waals surface area contributed by atoms with Gasteiger partial charge >= 0.3 is 0 Å². The van der Waals surface area contributed by atoms with Crippen LogP contribution in [0.4, 0.5) is 5.69 Å². The second-order valence-corrected chi connectivity index (χ2v) is 7.07. The Bertz CT molecular complexity index is 525. The molecule has 1 aromatic carbocycles. The van der Waals surface area contributed by atoms with Gasteiger partial charge in [-0.2, -0.15) is 0 Å². The number of amides is 1. The number of hydrogen-bond donors (Lipinski definition) is 1. The zero-order valence-corrected chi connectivity index (χ0v) is 13.9. The molecule has 6 heteroatoms. The van der Waals surface area contributed by atoms with E-state index >= 15 is 0 Å². The van der Waals surface area contributed by atoms with Crippen molar-refractivity contribution in [2.24, 2.45) is 0 Å². The summed E-state index contributed by atoms with van der Waals surface area (Å²) in [6, 6.07) is 3.95. The third-order valence-corrected chi connectivity index (χ3v) is 4.74. The van der Waals surface area contributed by atoms with Crippen LogP contribution in [0.5, 0.6) is 0 Å². The predicted molar refractivity (Wildman–Crippen MR) is 85.7 cm³/mol. The van der Waals surface area contributed by atoms with E-state index in [-0.39, 0.29) is 11.9 Å². The fourth-order valence-electron chi connectivity index (χ4n) is 2.58. The Hall–Kier alpha value is -0.290. The molecule has 1 heterocycles. The highest BCUT2D eigenvalue weighted by molar-refractivity contribution is 9.10. The monoisotopic (exact) mass is 376 g/mol. The van der Waals surface area contributed by atoms with Crippen molar-refractivity contribution in [3.8, 4) is 0 Å². The maximum absolute atomic E-state index is 12.6. The van der Waals surface area contributed by atoms with Gasteiger partial charge in [0, 0.05) is 17.1 Å². The summed E-state index contributed by atoms with van der Waals surface area (Å²) >= 11 is 15.9. The van der Waals surface area contributed by atoms with Crippen LogP contribution >= 0.6 is 39.1 Å². The summed E-state index contributed by atoms with van der Waals surface area (Å²) in [6.45, 7) is 0.669. The second kappa shape index (κ2) is 5.84. The van der Waals surface area contributed by atoms with Crippen molar-refractivity contribution in [3.63, 3.8) is 0 Å². The van der Waals surface area contributed by atoms with Gasteiger partial charge < -0.3 is 10.2 Å². The van der Waals surface area contributed by atoms with Gasteiger partial charge in [-0.1, -0.05) is 39.1 Å². The van der Waals surface area contributed by atoms with Crippen molar-refractivity contribution < 1.29 is 4.79 Å². The number of carbonyl (C=O) groups excluding carboxylic acids is 1. The molecule has 1 aliphatic carbocycles. The molecule has 2 fully saturated rings. The Morgan fingerprint density at radius 2 is 1.85 bits per heavy atom. The molecule has 1 N–H and O–H groups in total. The topological polar surface area (TPSA) is 32.3 Å². The smallest absolute Gasteiger partial charge is 0.244 e. The van der Waals surface area contributed by atoms with Crippen LogP contribution in [-0.2, 0) is 4.79 Å². The first-order chi connectivity index (χ1) is 9.56. The van der Waals surface area contributed by atoms with Crippen molar-refractivity contribution in [2.45, 2.75) is 37.8 Å². The molecular weight excluding hydrogens is 363 g/mol. The van der Waals surface area contributed by atoms with E-state index in [1.165, 1.54) is 12.8 Å². The molecule has 108 valence electrons. The number of piperidine rings is 1. The van der Waals surface area contributed by atoms with E-state index in [2.05, 4.69) is 21.2 Å². The van der Waals surface area contributed by atoms with Crippen LogP contribution in [0.2, 0.25) is 10.0 Å². The molecule has 1 amide bonds. The van der Waals surface area contributed by atoms with Crippen LogP contribution in [0.15, 0.2) is 16.6 Å². The summed E-state index contributed by atoms with van der Waals surface area (Å²) < 4.78 is 0.813. The van der Waals surface area contributed by atoms with Crippen LogP contribution in [0.3, 0.4) is 0 Å². The number of nitrogens with zero attached hydrogens (tertiary/aromatic N) is 1. The molecule has 1 aliphatic heterocycles. The molecule has 3 nitrogen and oxygen atoms in total. The average Bonchev–Trinajstić information content (AvgIpc) is 3.16. The van der Waals surface area contributed by atoms with Crippen LogP contribution in [0, 0.1) is 0 Å². The molecule has 3 rings (SSSR count). The molecule has 1 unspecified atom stereocenters. The molecule has 0 radical (unpaired) electrons. The lowest BCUT2D eigenvalue weighted by Crippen LogP contribution is -2.51. The summed E-state index contributed by atoms with van der Waals surface area (Å²) in [6.07, 6.45) is 4.18. The maximum Gasteiger partial charge on any atom is 0.244 e. The van der Waals surface area contributed by atoms with Crippen LogP contribution in [-0.4, -0.2) is 24.5 Å². The highest BCUT2D eigenvalue weighted by Gasteiger charge is 2.35. The molecule has 0 spiro atoms. The van der Waals surface area contributed by atoms with Gasteiger partial charge in [-0.15, -0.1) is 0 Å². The van der Waals surface area contributed by atoms with E-state index in [4.69, 9.17) is 23.2 Å². The molecular formula is C14H15BrCl2N2O. The lowest BCUT2D eigenvalue weighted by Gasteiger charge is -2.34. The molecule has 2 aliphatic rings. The Morgan fingerprint density at radius 1 is 1.20 bits per heavy atom. The zero-order valence-electron chi connectivity index (χ0n) is 10.8. The second-order valence-electron chi connectivity index (χ2n) is 5.34. The van der Waals surface area contributed by atoms with Gasteiger partial charge in [0.1, 0.15) is 0 Å². The Labute approximate surface area is 136 Å². The lowest BCUT2D eigenvalue weighted by molar-refractivity contribution is -0.121. The van der Waals surface area contributed by atoms with Gasteiger partial charge in [0.15, 0.2) is 0 Å². The first-order valence-corrected chi connectivity index (χ1v) is 8.33. The van der Waals surface area contributed by atoms with E-state index in [1.54, 1.807) is 17.0 Å². The minimum atomic E-state index is -0.105. The zero-order chi connectivity index (χ0) is 14.3. The predicted octanol–water partition coefficient (Wildman–Crippen LogP) is 4.00. The molecule has 1 saturated carbocycles. The summed E-state index contributed by atoms with van der Waals surface area (Å²) in [7, 11) is 0. The molecule has 0 aromatic heterocycles. The van der Waals surface area contributed by atoms with Crippen molar-refractivity contribution in [1.29, 1.82) is 0 Å². The molecule has 1 saturated heterocycles. The van der Waals surface area contributed by atoms with Crippen molar-refractivity contribution in [2.75, 3.05) is 11.4 Å². The third kappa shape index (κ3) is 2.98. The third-order valence-electron chi connectivity index (χ3n) is 3.70. The molecule has 20 heavy (non-hydrogen) atoms. The number of hydrogen-bond acceptors (Lipinski definition) is 2. The van der Waals surface area contributed by atoms with Gasteiger partial charge in [0.05, 0.1) is 21.8 Å². The lowest BCUT2D eigenvalue weighted by atomic mass is 10.0. The minimum absolute atomic E-state index is 0.0780. The largest absolute Gasteiger partial charge is 0.308 e. The highest BCUT2D eigenvalue weighted by Crippen LogP contribution is 2.38. The summed E-state index contributed by atoms with van der Waals surface area (Å²) in [5, 5.41) is 4.41. The highest BCUT2D eigenvalue weighted by atomic mass is 79.9. The number of nitrogens with one attached hydrogen (secondary N) is 1. The van der Waals surface area contributed by atoms with Gasteiger partial charge in [-0.05, 0) is 37.8 Å². The summed E-state index contributed by atoms with van der Waals surface area (Å²) in [5.74, 6) is 0.0780. The molecule has 0 bridgehead atoms. The van der Waals surface area contributed by atoms with Gasteiger partial charge in [-0.3, -0.25) is 4.79 Å². The van der Waals surface area contributed by atoms with Crippen LogP contribution in [0.25, 0.3) is 0 Å².